The lowest BCUT2D eigenvalue weighted by atomic mass is 10.1. The van der Waals surface area contributed by atoms with Crippen LogP contribution in [-0.4, -0.2) is 38.6 Å². The highest BCUT2D eigenvalue weighted by molar-refractivity contribution is 7.17. The van der Waals surface area contributed by atoms with Crippen LogP contribution >= 0.6 is 11.3 Å². The van der Waals surface area contributed by atoms with Crippen LogP contribution in [-0.2, 0) is 24.5 Å². The summed E-state index contributed by atoms with van der Waals surface area (Å²) in [5, 5.41) is 11.1. The lowest BCUT2D eigenvalue weighted by Crippen LogP contribution is -2.37. The fourth-order valence-electron chi connectivity index (χ4n) is 3.00. The number of ether oxygens (including phenoxy) is 1. The Bertz CT molecular complexity index is 1030. The molecule has 1 aromatic carbocycles. The number of aromatic nitrogens is 2. The van der Waals surface area contributed by atoms with E-state index >= 15 is 0 Å². The first-order valence-corrected chi connectivity index (χ1v) is 9.09. The lowest BCUT2D eigenvalue weighted by molar-refractivity contribution is -0.132. The fraction of sp³-hybridized carbons (Fsp3) is 0.278. The lowest BCUT2D eigenvalue weighted by Gasteiger charge is -2.20. The van der Waals surface area contributed by atoms with E-state index in [0.29, 0.717) is 29.9 Å². The van der Waals surface area contributed by atoms with Crippen molar-refractivity contribution >= 4 is 27.5 Å². The van der Waals surface area contributed by atoms with Crippen molar-refractivity contribution in [1.82, 2.24) is 14.5 Å². The smallest absolute Gasteiger partial charge is 0.271 e. The first-order valence-electron chi connectivity index (χ1n) is 8.21. The minimum Gasteiger partial charge on any atom is -0.491 e. The quantitative estimate of drug-likeness (QED) is 0.752. The number of hydrogen-bond donors (Lipinski definition) is 1. The molecule has 0 saturated heterocycles. The van der Waals surface area contributed by atoms with Crippen molar-refractivity contribution in [1.29, 1.82) is 0 Å². The molecule has 2 aromatic heterocycles. The fourth-order valence-corrected chi connectivity index (χ4v) is 3.79. The van der Waals surface area contributed by atoms with Gasteiger partial charge in [0, 0.05) is 12.1 Å². The van der Waals surface area contributed by atoms with E-state index in [0.717, 1.165) is 16.9 Å². The third kappa shape index (κ3) is 3.09. The first kappa shape index (κ1) is 16.7. The van der Waals surface area contributed by atoms with Crippen molar-refractivity contribution in [2.24, 2.45) is 0 Å². The molecule has 1 amide bonds. The number of carbonyl (C=O) groups excluding carboxylic acids is 1. The van der Waals surface area contributed by atoms with Crippen LogP contribution in [0.5, 0.6) is 5.75 Å². The molecule has 0 radical (unpaired) electrons. The minimum atomic E-state index is -0.201. The second-order valence-electron chi connectivity index (χ2n) is 6.08. The minimum absolute atomic E-state index is 0.0608. The van der Waals surface area contributed by atoms with Gasteiger partial charge in [0.25, 0.3) is 5.56 Å². The van der Waals surface area contributed by atoms with Gasteiger partial charge in [-0.1, -0.05) is 6.07 Å². The highest BCUT2D eigenvalue weighted by Gasteiger charge is 2.21. The first-order chi connectivity index (χ1) is 12.7. The Morgan fingerprint density at radius 3 is 3.08 bits per heavy atom. The van der Waals surface area contributed by atoms with E-state index in [-0.39, 0.29) is 24.6 Å². The van der Waals surface area contributed by atoms with Gasteiger partial charge in [-0.2, -0.15) is 0 Å². The van der Waals surface area contributed by atoms with Gasteiger partial charge in [-0.05, 0) is 29.1 Å². The Labute approximate surface area is 153 Å². The molecule has 0 spiro atoms. The normalized spacial score (nSPS) is 14.0. The van der Waals surface area contributed by atoms with E-state index in [1.165, 1.54) is 22.2 Å². The monoisotopic (exact) mass is 371 g/mol. The van der Waals surface area contributed by atoms with Crippen LogP contribution in [0, 0.1) is 0 Å². The summed E-state index contributed by atoms with van der Waals surface area (Å²) >= 11 is 1.32. The third-order valence-corrected chi connectivity index (χ3v) is 5.27. The van der Waals surface area contributed by atoms with E-state index in [4.69, 9.17) is 4.74 Å². The average molecular weight is 371 g/mol. The van der Waals surface area contributed by atoms with Crippen LogP contribution in [0.2, 0.25) is 0 Å². The number of aliphatic hydroxyl groups excluding tert-OH is 1. The molecule has 1 aliphatic rings. The Hall–Kier alpha value is -2.71. The number of nitrogens with zero attached hydrogens (tertiary/aromatic N) is 3. The number of rotatable bonds is 3. The van der Waals surface area contributed by atoms with Crippen molar-refractivity contribution in [2.75, 3.05) is 13.2 Å². The molecule has 8 heteroatoms. The molecule has 0 atom stereocenters. The standard InChI is InChI=1S/C18H17N3O4S/c22-10-12-1-2-15-13(7-12)8-20(4-5-25-15)16(23)9-21-11-19-14-3-6-26-17(14)18(21)24/h1-3,6-7,11,22H,4-5,8-10H2. The third-order valence-electron chi connectivity index (χ3n) is 4.38. The van der Waals surface area contributed by atoms with Gasteiger partial charge in [-0.3, -0.25) is 14.2 Å². The molecule has 134 valence electrons. The van der Waals surface area contributed by atoms with Gasteiger partial charge in [-0.15, -0.1) is 11.3 Å². The summed E-state index contributed by atoms with van der Waals surface area (Å²) in [4.78, 5) is 31.1. The van der Waals surface area contributed by atoms with Crippen LogP contribution in [0.3, 0.4) is 0 Å². The molecular formula is C18H17N3O4S. The maximum atomic E-state index is 12.7. The van der Waals surface area contributed by atoms with Crippen LogP contribution in [0.4, 0.5) is 0 Å². The molecule has 0 fully saturated rings. The highest BCUT2D eigenvalue weighted by atomic mass is 32.1. The number of carbonyl (C=O) groups is 1. The van der Waals surface area contributed by atoms with E-state index in [2.05, 4.69) is 4.98 Å². The summed E-state index contributed by atoms with van der Waals surface area (Å²) < 4.78 is 7.59. The van der Waals surface area contributed by atoms with Crippen molar-refractivity contribution < 1.29 is 14.6 Å². The predicted octanol–water partition coefficient (Wildman–Crippen LogP) is 1.37. The van der Waals surface area contributed by atoms with Gasteiger partial charge >= 0.3 is 0 Å². The predicted molar refractivity (Wildman–Crippen MR) is 97.2 cm³/mol. The van der Waals surface area contributed by atoms with Crippen LogP contribution in [0.1, 0.15) is 11.1 Å². The SMILES string of the molecule is O=C(Cn1cnc2ccsc2c1=O)N1CCOc2ccc(CO)cc2C1. The number of aliphatic hydroxyl groups is 1. The summed E-state index contributed by atoms with van der Waals surface area (Å²) in [6.45, 7) is 1.07. The number of fused-ring (bicyclic) bond motifs is 2. The van der Waals surface area contributed by atoms with Gasteiger partial charge in [0.05, 0.1) is 25.0 Å². The number of amides is 1. The van der Waals surface area contributed by atoms with Gasteiger partial charge in [-0.25, -0.2) is 4.98 Å². The van der Waals surface area contributed by atoms with Crippen LogP contribution in [0.15, 0.2) is 40.8 Å². The largest absolute Gasteiger partial charge is 0.491 e. The molecule has 1 N–H and O–H groups in total. The number of benzene rings is 1. The van der Waals surface area contributed by atoms with Gasteiger partial charge < -0.3 is 14.7 Å². The van der Waals surface area contributed by atoms with Gasteiger partial charge in [0.1, 0.15) is 23.6 Å². The maximum absolute atomic E-state index is 12.7. The van der Waals surface area contributed by atoms with Crippen LogP contribution < -0.4 is 10.3 Å². The zero-order valence-electron chi connectivity index (χ0n) is 13.9. The zero-order chi connectivity index (χ0) is 18.1. The Morgan fingerprint density at radius 1 is 1.35 bits per heavy atom. The summed E-state index contributed by atoms with van der Waals surface area (Å²) in [5.41, 5.74) is 2.07. The second-order valence-corrected chi connectivity index (χ2v) is 6.99. The molecule has 26 heavy (non-hydrogen) atoms. The van der Waals surface area contributed by atoms with Crippen molar-refractivity contribution in [3.8, 4) is 5.75 Å². The highest BCUT2D eigenvalue weighted by Crippen LogP contribution is 2.24. The van der Waals surface area contributed by atoms with E-state index < -0.39 is 0 Å². The van der Waals surface area contributed by atoms with Crippen molar-refractivity contribution in [2.45, 2.75) is 19.7 Å². The van der Waals surface area contributed by atoms with Crippen molar-refractivity contribution in [3.05, 3.63) is 57.5 Å². The van der Waals surface area contributed by atoms with E-state index in [9.17, 15) is 14.7 Å². The number of thiophene rings is 1. The topological polar surface area (TPSA) is 84.7 Å². The molecule has 0 unspecified atom stereocenters. The molecule has 7 nitrogen and oxygen atoms in total. The molecule has 4 rings (SSSR count). The Morgan fingerprint density at radius 2 is 2.23 bits per heavy atom. The average Bonchev–Trinajstić information content (AvgIpc) is 3.03. The van der Waals surface area contributed by atoms with Crippen LogP contribution in [0.25, 0.3) is 10.2 Å². The van der Waals surface area contributed by atoms with Crippen molar-refractivity contribution in [3.63, 3.8) is 0 Å². The molecule has 1 aliphatic heterocycles. The Kier molecular flexibility index (Phi) is 4.44. The number of hydrogen-bond acceptors (Lipinski definition) is 6. The zero-order valence-corrected chi connectivity index (χ0v) is 14.7. The maximum Gasteiger partial charge on any atom is 0.271 e. The summed E-state index contributed by atoms with van der Waals surface area (Å²) in [6, 6.07) is 7.24. The van der Waals surface area contributed by atoms with Gasteiger partial charge in [0.15, 0.2) is 0 Å². The molecule has 3 heterocycles. The molecule has 3 aromatic rings. The molecule has 0 saturated carbocycles. The summed E-state index contributed by atoms with van der Waals surface area (Å²) in [5.74, 6) is 0.548. The Balaban J connectivity index is 1.57. The van der Waals surface area contributed by atoms with E-state index in [1.54, 1.807) is 17.0 Å². The molecule has 0 bridgehead atoms. The summed E-state index contributed by atoms with van der Waals surface area (Å²) in [6.07, 6.45) is 1.42. The van der Waals surface area contributed by atoms with E-state index in [1.807, 2.05) is 17.5 Å². The molecule has 0 aliphatic carbocycles. The molecular weight excluding hydrogens is 354 g/mol. The summed E-state index contributed by atoms with van der Waals surface area (Å²) in [7, 11) is 0. The van der Waals surface area contributed by atoms with Gasteiger partial charge in [0.2, 0.25) is 5.91 Å². The second kappa shape index (κ2) is 6.89.